The molecular weight excluding hydrogens is 510 g/mol. The topological polar surface area (TPSA) is 65.1 Å². The molecule has 0 atom stereocenters. The second-order valence-corrected chi connectivity index (χ2v) is 9.57. The predicted octanol–water partition coefficient (Wildman–Crippen LogP) is 7.04. The van der Waals surface area contributed by atoms with Gasteiger partial charge in [-0.25, -0.2) is 9.59 Å². The minimum Gasteiger partial charge on any atom is -0.488 e. The van der Waals surface area contributed by atoms with Gasteiger partial charge in [0.15, 0.2) is 0 Å². The molecule has 0 aliphatic heterocycles. The molecule has 0 aliphatic carbocycles. The molecule has 0 saturated heterocycles. The molecule has 7 heteroatoms. The molecular formula is C28H30BrNO5. The Kier molecular flexibility index (Phi) is 8.93. The van der Waals surface area contributed by atoms with Crippen LogP contribution in [0.1, 0.15) is 33.3 Å². The average Bonchev–Trinajstić information content (AvgIpc) is 2.82. The Morgan fingerprint density at radius 1 is 1.00 bits per heavy atom. The van der Waals surface area contributed by atoms with Crippen molar-refractivity contribution in [3.63, 3.8) is 0 Å². The number of ether oxygens (including phenoxy) is 3. The highest BCUT2D eigenvalue weighted by Gasteiger charge is 2.26. The molecule has 0 aromatic heterocycles. The van der Waals surface area contributed by atoms with Crippen LogP contribution in [0.3, 0.4) is 0 Å². The van der Waals surface area contributed by atoms with Crippen LogP contribution < -0.4 is 9.64 Å². The second kappa shape index (κ2) is 11.9. The number of carbonyl (C=O) groups is 2. The van der Waals surface area contributed by atoms with Gasteiger partial charge in [-0.15, -0.1) is 0 Å². The van der Waals surface area contributed by atoms with E-state index in [1.165, 1.54) is 11.0 Å². The van der Waals surface area contributed by atoms with E-state index in [-0.39, 0.29) is 13.2 Å². The Labute approximate surface area is 214 Å². The first-order valence-electron chi connectivity index (χ1n) is 11.4. The van der Waals surface area contributed by atoms with E-state index >= 15 is 0 Å². The molecule has 0 radical (unpaired) electrons. The summed E-state index contributed by atoms with van der Waals surface area (Å²) in [6, 6.07) is 19.5. The van der Waals surface area contributed by atoms with E-state index in [1.807, 2.05) is 60.7 Å². The van der Waals surface area contributed by atoms with Crippen molar-refractivity contribution in [3.05, 3.63) is 82.9 Å². The molecule has 0 aliphatic rings. The third-order valence-corrected chi connectivity index (χ3v) is 5.73. The third-order valence-electron chi connectivity index (χ3n) is 4.89. The van der Waals surface area contributed by atoms with Crippen LogP contribution in [0.15, 0.2) is 77.3 Å². The summed E-state index contributed by atoms with van der Waals surface area (Å²) in [5, 5.41) is 1.79. The van der Waals surface area contributed by atoms with Gasteiger partial charge in [0.1, 0.15) is 18.0 Å². The van der Waals surface area contributed by atoms with Crippen molar-refractivity contribution in [1.82, 2.24) is 0 Å². The van der Waals surface area contributed by atoms with E-state index in [9.17, 15) is 9.59 Å². The van der Waals surface area contributed by atoms with Gasteiger partial charge in [-0.2, -0.15) is 0 Å². The molecule has 184 valence electrons. The number of carbonyl (C=O) groups excluding carboxylic acids is 2. The van der Waals surface area contributed by atoms with Gasteiger partial charge in [0.25, 0.3) is 0 Å². The lowest BCUT2D eigenvalue weighted by molar-refractivity contribution is -0.137. The summed E-state index contributed by atoms with van der Waals surface area (Å²) in [6.07, 6.45) is 2.34. The van der Waals surface area contributed by atoms with Gasteiger partial charge in [0, 0.05) is 33.9 Å². The Hall–Kier alpha value is -3.32. The van der Waals surface area contributed by atoms with Crippen molar-refractivity contribution in [1.29, 1.82) is 0 Å². The zero-order chi connectivity index (χ0) is 25.4. The number of anilines is 1. The summed E-state index contributed by atoms with van der Waals surface area (Å²) in [4.78, 5) is 26.5. The number of hydrogen-bond acceptors (Lipinski definition) is 5. The number of nitrogens with zero attached hydrogens (tertiary/aromatic N) is 1. The van der Waals surface area contributed by atoms with E-state index in [1.54, 1.807) is 33.8 Å². The molecule has 1 amide bonds. The summed E-state index contributed by atoms with van der Waals surface area (Å²) >= 11 is 3.69. The van der Waals surface area contributed by atoms with Crippen molar-refractivity contribution in [2.24, 2.45) is 0 Å². The van der Waals surface area contributed by atoms with Gasteiger partial charge < -0.3 is 14.2 Å². The van der Waals surface area contributed by atoms with Gasteiger partial charge in [-0.05, 0) is 49.2 Å². The summed E-state index contributed by atoms with van der Waals surface area (Å²) in [5.74, 6) is 0.159. The molecule has 0 spiro atoms. The Morgan fingerprint density at radius 2 is 1.66 bits per heavy atom. The fourth-order valence-electron chi connectivity index (χ4n) is 3.38. The molecule has 0 saturated carbocycles. The average molecular weight is 540 g/mol. The van der Waals surface area contributed by atoms with E-state index < -0.39 is 17.7 Å². The van der Waals surface area contributed by atoms with Crippen LogP contribution in [-0.4, -0.2) is 30.8 Å². The highest BCUT2D eigenvalue weighted by atomic mass is 79.9. The third kappa shape index (κ3) is 7.33. The van der Waals surface area contributed by atoms with Crippen molar-refractivity contribution in [3.8, 4) is 5.75 Å². The molecule has 3 aromatic carbocycles. The van der Waals surface area contributed by atoms with Gasteiger partial charge in [-0.3, -0.25) is 4.90 Å². The lowest BCUT2D eigenvalue weighted by Crippen LogP contribution is -2.37. The summed E-state index contributed by atoms with van der Waals surface area (Å²) in [7, 11) is 0. The maximum atomic E-state index is 13.2. The predicted molar refractivity (Wildman–Crippen MR) is 142 cm³/mol. The summed E-state index contributed by atoms with van der Waals surface area (Å²) in [5.41, 5.74) is 0.896. The Balaban J connectivity index is 2.03. The van der Waals surface area contributed by atoms with Gasteiger partial charge in [-0.1, -0.05) is 60.7 Å². The second-order valence-electron chi connectivity index (χ2n) is 8.77. The molecule has 0 heterocycles. The van der Waals surface area contributed by atoms with Crippen molar-refractivity contribution in [2.45, 2.75) is 39.9 Å². The fraction of sp³-hybridized carbons (Fsp3) is 0.286. The Morgan fingerprint density at radius 3 is 2.31 bits per heavy atom. The lowest BCUT2D eigenvalue weighted by atomic mass is 10.1. The lowest BCUT2D eigenvalue weighted by Gasteiger charge is -2.28. The molecule has 0 fully saturated rings. The monoisotopic (exact) mass is 539 g/mol. The first-order valence-corrected chi connectivity index (χ1v) is 12.2. The number of benzene rings is 3. The van der Waals surface area contributed by atoms with Crippen molar-refractivity contribution >= 4 is 44.5 Å². The normalized spacial score (nSPS) is 11.5. The zero-order valence-electron chi connectivity index (χ0n) is 20.4. The van der Waals surface area contributed by atoms with Crippen LogP contribution in [0.4, 0.5) is 10.5 Å². The van der Waals surface area contributed by atoms with Gasteiger partial charge in [0.2, 0.25) is 0 Å². The number of amides is 1. The highest BCUT2D eigenvalue weighted by molar-refractivity contribution is 9.10. The van der Waals surface area contributed by atoms with Crippen LogP contribution in [0.25, 0.3) is 10.8 Å². The first kappa shape index (κ1) is 26.3. The highest BCUT2D eigenvalue weighted by Crippen LogP contribution is 2.40. The fourth-order valence-corrected chi connectivity index (χ4v) is 4.05. The summed E-state index contributed by atoms with van der Waals surface area (Å²) < 4.78 is 17.6. The minimum atomic E-state index is -0.698. The van der Waals surface area contributed by atoms with Crippen molar-refractivity contribution < 1.29 is 23.8 Å². The maximum absolute atomic E-state index is 13.2. The minimum absolute atomic E-state index is 0.1000. The molecule has 0 N–H and O–H groups in total. The maximum Gasteiger partial charge on any atom is 0.415 e. The molecule has 0 bridgehead atoms. The van der Waals surface area contributed by atoms with E-state index in [0.717, 1.165) is 20.8 Å². The SMILES string of the molecule is CCOC(=O)/C=C/CN(C(=O)OC(C)(C)C)c1cc(OCc2ccccc2)c2ccccc2c1Br. The van der Waals surface area contributed by atoms with E-state index in [2.05, 4.69) is 15.9 Å². The molecule has 0 unspecified atom stereocenters. The molecule has 3 aromatic rings. The smallest absolute Gasteiger partial charge is 0.415 e. The first-order chi connectivity index (χ1) is 16.7. The zero-order valence-corrected chi connectivity index (χ0v) is 22.0. The quantitative estimate of drug-likeness (QED) is 0.227. The molecule has 6 nitrogen and oxygen atoms in total. The number of fused-ring (bicyclic) bond motifs is 1. The standard InChI is InChI=1S/C28H30BrNO5/c1-5-33-25(31)16-11-17-30(27(32)35-28(2,3)4)23-18-24(34-19-20-12-7-6-8-13-20)21-14-9-10-15-22(21)26(23)29/h6-16,18H,5,17,19H2,1-4H3/b16-11+. The number of rotatable bonds is 8. The van der Waals surface area contributed by atoms with E-state index in [0.29, 0.717) is 18.0 Å². The van der Waals surface area contributed by atoms with Crippen molar-refractivity contribution in [2.75, 3.05) is 18.1 Å². The largest absolute Gasteiger partial charge is 0.488 e. The van der Waals surface area contributed by atoms with Crippen LogP contribution >= 0.6 is 15.9 Å². The number of esters is 1. The van der Waals surface area contributed by atoms with E-state index in [4.69, 9.17) is 14.2 Å². The van der Waals surface area contributed by atoms with Crippen LogP contribution in [0, 0.1) is 0 Å². The van der Waals surface area contributed by atoms with Crippen LogP contribution in [0.2, 0.25) is 0 Å². The summed E-state index contributed by atoms with van der Waals surface area (Å²) in [6.45, 7) is 7.91. The molecule has 3 rings (SSSR count). The van der Waals surface area contributed by atoms with Crippen LogP contribution in [0.5, 0.6) is 5.75 Å². The van der Waals surface area contributed by atoms with Gasteiger partial charge >= 0.3 is 12.1 Å². The van der Waals surface area contributed by atoms with Crippen LogP contribution in [-0.2, 0) is 20.9 Å². The number of halogens is 1. The number of hydrogen-bond donors (Lipinski definition) is 0. The molecule has 35 heavy (non-hydrogen) atoms. The Bertz CT molecular complexity index is 1200. The van der Waals surface area contributed by atoms with Gasteiger partial charge in [0.05, 0.1) is 12.3 Å².